The standard InChI is InChI=1S/C21H24N4O.ClH/c1-24(13-15-7-8-16-5-3-4-6-17(16)9-15)21(26)20-12-22-11-19(20)18-10-23-25(2)14-18;/h3-10,14,19-20,22H,11-13H2,1-2H3;1H/t19-,20+;/m1./s1. The number of rotatable bonds is 4. The number of benzene rings is 2. The van der Waals surface area contributed by atoms with Gasteiger partial charge in [0.1, 0.15) is 0 Å². The number of aryl methyl sites for hydroxylation is 1. The summed E-state index contributed by atoms with van der Waals surface area (Å²) in [5.74, 6) is 0.344. The molecule has 1 fully saturated rings. The van der Waals surface area contributed by atoms with Gasteiger partial charge < -0.3 is 10.2 Å². The molecule has 6 heteroatoms. The van der Waals surface area contributed by atoms with Crippen LogP contribution in [0, 0.1) is 5.92 Å². The molecule has 142 valence electrons. The summed E-state index contributed by atoms with van der Waals surface area (Å²) in [4.78, 5) is 14.9. The molecule has 0 saturated carbocycles. The minimum atomic E-state index is -0.0374. The van der Waals surface area contributed by atoms with E-state index in [1.54, 1.807) is 4.68 Å². The van der Waals surface area contributed by atoms with Crippen molar-refractivity contribution in [2.75, 3.05) is 20.1 Å². The second kappa shape index (κ2) is 8.11. The van der Waals surface area contributed by atoms with Crippen LogP contribution in [-0.4, -0.2) is 40.7 Å². The first-order valence-electron chi connectivity index (χ1n) is 9.04. The van der Waals surface area contributed by atoms with Crippen LogP contribution in [0.4, 0.5) is 0 Å². The van der Waals surface area contributed by atoms with E-state index in [0.29, 0.717) is 6.54 Å². The fourth-order valence-corrected chi connectivity index (χ4v) is 3.89. The molecule has 2 heterocycles. The maximum atomic E-state index is 13.1. The van der Waals surface area contributed by atoms with Crippen molar-refractivity contribution in [2.24, 2.45) is 13.0 Å². The van der Waals surface area contributed by atoms with Gasteiger partial charge in [-0.15, -0.1) is 12.4 Å². The molecule has 4 rings (SSSR count). The van der Waals surface area contributed by atoms with Gasteiger partial charge in [0.2, 0.25) is 5.91 Å². The average Bonchev–Trinajstić information content (AvgIpc) is 3.29. The number of halogens is 1. The molecule has 27 heavy (non-hydrogen) atoms. The van der Waals surface area contributed by atoms with E-state index in [9.17, 15) is 4.79 Å². The first-order chi connectivity index (χ1) is 12.6. The van der Waals surface area contributed by atoms with Crippen LogP contribution >= 0.6 is 12.4 Å². The smallest absolute Gasteiger partial charge is 0.227 e. The predicted octanol–water partition coefficient (Wildman–Crippen LogP) is 2.96. The molecule has 1 saturated heterocycles. The van der Waals surface area contributed by atoms with E-state index in [-0.39, 0.29) is 30.2 Å². The summed E-state index contributed by atoms with van der Waals surface area (Å²) in [6, 6.07) is 14.7. The number of hydrogen-bond acceptors (Lipinski definition) is 3. The van der Waals surface area contributed by atoms with Gasteiger partial charge in [0.05, 0.1) is 12.1 Å². The third kappa shape index (κ3) is 3.99. The zero-order chi connectivity index (χ0) is 18.1. The Morgan fingerprint density at radius 1 is 1.22 bits per heavy atom. The molecule has 1 amide bonds. The number of fused-ring (bicyclic) bond motifs is 1. The number of nitrogens with zero attached hydrogens (tertiary/aromatic N) is 3. The first kappa shape index (κ1) is 19.4. The van der Waals surface area contributed by atoms with Gasteiger partial charge in [-0.25, -0.2) is 0 Å². The summed E-state index contributed by atoms with van der Waals surface area (Å²) in [6.45, 7) is 2.17. The maximum Gasteiger partial charge on any atom is 0.227 e. The lowest BCUT2D eigenvalue weighted by molar-refractivity contribution is -0.134. The fourth-order valence-electron chi connectivity index (χ4n) is 3.89. The molecule has 1 aliphatic rings. The molecule has 1 aromatic heterocycles. The summed E-state index contributed by atoms with van der Waals surface area (Å²) < 4.78 is 1.80. The van der Waals surface area contributed by atoms with E-state index < -0.39 is 0 Å². The average molecular weight is 385 g/mol. The van der Waals surface area contributed by atoms with Crippen LogP contribution in [0.1, 0.15) is 17.0 Å². The van der Waals surface area contributed by atoms with Gasteiger partial charge in [-0.3, -0.25) is 9.48 Å². The van der Waals surface area contributed by atoms with Crippen LogP contribution in [-0.2, 0) is 18.4 Å². The van der Waals surface area contributed by atoms with E-state index in [4.69, 9.17) is 0 Å². The Morgan fingerprint density at radius 2 is 2.00 bits per heavy atom. The highest BCUT2D eigenvalue weighted by Gasteiger charge is 2.36. The zero-order valence-corrected chi connectivity index (χ0v) is 16.4. The Hall–Kier alpha value is -2.37. The Labute approximate surface area is 165 Å². The monoisotopic (exact) mass is 384 g/mol. The Kier molecular flexibility index (Phi) is 5.82. The third-order valence-corrected chi connectivity index (χ3v) is 5.29. The molecule has 0 aliphatic carbocycles. The molecular formula is C21H25ClN4O. The van der Waals surface area contributed by atoms with E-state index in [1.165, 1.54) is 10.8 Å². The summed E-state index contributed by atoms with van der Waals surface area (Å²) in [5.41, 5.74) is 2.29. The maximum absolute atomic E-state index is 13.1. The van der Waals surface area contributed by atoms with E-state index in [0.717, 1.165) is 24.2 Å². The summed E-state index contributed by atoms with van der Waals surface area (Å²) >= 11 is 0. The van der Waals surface area contributed by atoms with Crippen LogP contribution in [0.5, 0.6) is 0 Å². The lowest BCUT2D eigenvalue weighted by atomic mass is 9.90. The fraction of sp³-hybridized carbons (Fsp3) is 0.333. The van der Waals surface area contributed by atoms with Crippen LogP contribution in [0.15, 0.2) is 54.9 Å². The molecule has 0 bridgehead atoms. The van der Waals surface area contributed by atoms with Crippen molar-refractivity contribution in [1.29, 1.82) is 0 Å². The van der Waals surface area contributed by atoms with Gasteiger partial charge in [0, 0.05) is 45.8 Å². The SMILES string of the molecule is CN(Cc1ccc2ccccc2c1)C(=O)[C@H]1CNC[C@@H]1c1cnn(C)c1.Cl. The molecule has 2 atom stereocenters. The second-order valence-electron chi connectivity index (χ2n) is 7.19. The summed E-state index contributed by atoms with van der Waals surface area (Å²) in [7, 11) is 3.81. The molecule has 0 unspecified atom stereocenters. The second-order valence-corrected chi connectivity index (χ2v) is 7.19. The number of nitrogens with one attached hydrogen (secondary N) is 1. The number of hydrogen-bond donors (Lipinski definition) is 1. The van der Waals surface area contributed by atoms with Gasteiger partial charge in [-0.05, 0) is 28.0 Å². The molecule has 1 N–H and O–H groups in total. The molecule has 1 aliphatic heterocycles. The quantitative estimate of drug-likeness (QED) is 0.752. The highest BCUT2D eigenvalue weighted by molar-refractivity contribution is 5.85. The van der Waals surface area contributed by atoms with Crippen molar-refractivity contribution in [3.8, 4) is 0 Å². The highest BCUT2D eigenvalue weighted by atomic mass is 35.5. The van der Waals surface area contributed by atoms with Crippen LogP contribution in [0.2, 0.25) is 0 Å². The van der Waals surface area contributed by atoms with Crippen LogP contribution in [0.3, 0.4) is 0 Å². The minimum Gasteiger partial charge on any atom is -0.341 e. The van der Waals surface area contributed by atoms with Crippen LogP contribution < -0.4 is 5.32 Å². The Morgan fingerprint density at radius 3 is 2.74 bits per heavy atom. The Bertz CT molecular complexity index is 939. The van der Waals surface area contributed by atoms with Gasteiger partial charge >= 0.3 is 0 Å². The predicted molar refractivity (Wildman–Crippen MR) is 110 cm³/mol. The van der Waals surface area contributed by atoms with Gasteiger partial charge in [-0.2, -0.15) is 5.10 Å². The number of carbonyl (C=O) groups is 1. The summed E-state index contributed by atoms with van der Waals surface area (Å²) in [6.07, 6.45) is 3.89. The molecule has 3 aromatic rings. The third-order valence-electron chi connectivity index (χ3n) is 5.29. The van der Waals surface area contributed by atoms with E-state index in [2.05, 4.69) is 40.7 Å². The molecule has 0 spiro atoms. The van der Waals surface area contributed by atoms with Gasteiger partial charge in [0.25, 0.3) is 0 Å². The lowest BCUT2D eigenvalue weighted by Gasteiger charge is -2.24. The number of aromatic nitrogens is 2. The van der Waals surface area contributed by atoms with E-state index in [1.807, 2.05) is 43.5 Å². The number of amides is 1. The minimum absolute atomic E-state index is 0. The van der Waals surface area contributed by atoms with Crippen molar-refractivity contribution in [3.63, 3.8) is 0 Å². The molecule has 2 aromatic carbocycles. The van der Waals surface area contributed by atoms with Crippen molar-refractivity contribution < 1.29 is 4.79 Å². The molecular weight excluding hydrogens is 360 g/mol. The first-order valence-corrected chi connectivity index (χ1v) is 9.04. The topological polar surface area (TPSA) is 50.2 Å². The largest absolute Gasteiger partial charge is 0.341 e. The van der Waals surface area contributed by atoms with Gasteiger partial charge in [0.15, 0.2) is 0 Å². The highest BCUT2D eigenvalue weighted by Crippen LogP contribution is 2.29. The molecule has 0 radical (unpaired) electrons. The van der Waals surface area contributed by atoms with Gasteiger partial charge in [-0.1, -0.05) is 36.4 Å². The number of carbonyl (C=O) groups excluding carboxylic acids is 1. The lowest BCUT2D eigenvalue weighted by Crippen LogP contribution is -2.35. The van der Waals surface area contributed by atoms with Crippen molar-refractivity contribution in [3.05, 3.63) is 66.0 Å². The van der Waals surface area contributed by atoms with Crippen molar-refractivity contribution >= 4 is 29.1 Å². The van der Waals surface area contributed by atoms with Crippen molar-refractivity contribution in [2.45, 2.75) is 12.5 Å². The summed E-state index contributed by atoms with van der Waals surface area (Å²) in [5, 5.41) is 10.1. The van der Waals surface area contributed by atoms with Crippen molar-refractivity contribution in [1.82, 2.24) is 20.0 Å². The molecule has 5 nitrogen and oxygen atoms in total. The normalized spacial score (nSPS) is 19.0. The Balaban J connectivity index is 0.00000210. The van der Waals surface area contributed by atoms with E-state index >= 15 is 0 Å². The van der Waals surface area contributed by atoms with Crippen LogP contribution in [0.25, 0.3) is 10.8 Å². The zero-order valence-electron chi connectivity index (χ0n) is 15.6.